The first kappa shape index (κ1) is 11.5. The van der Waals surface area contributed by atoms with Gasteiger partial charge in [0.15, 0.2) is 0 Å². The Labute approximate surface area is 97.3 Å². The highest BCUT2D eigenvalue weighted by molar-refractivity contribution is 5.55. The first-order chi connectivity index (χ1) is 7.38. The Kier molecular flexibility index (Phi) is 2.50. The number of aryl methyl sites for hydroxylation is 2. The van der Waals surface area contributed by atoms with Crippen LogP contribution in [0.25, 0.3) is 0 Å². The van der Waals surface area contributed by atoms with Crippen LogP contribution < -0.4 is 4.74 Å². The number of hydrogen-bond donors (Lipinski definition) is 1. The molecule has 16 heavy (non-hydrogen) atoms. The minimum Gasteiger partial charge on any atom is -0.487 e. The second-order valence-corrected chi connectivity index (χ2v) is 5.32. The van der Waals surface area contributed by atoms with E-state index in [1.165, 1.54) is 22.3 Å². The van der Waals surface area contributed by atoms with Crippen molar-refractivity contribution in [3.8, 4) is 5.75 Å². The van der Waals surface area contributed by atoms with Crippen molar-refractivity contribution >= 4 is 0 Å². The van der Waals surface area contributed by atoms with Crippen LogP contribution in [-0.2, 0) is 0 Å². The predicted molar refractivity (Wildman–Crippen MR) is 65.2 cm³/mol. The summed E-state index contributed by atoms with van der Waals surface area (Å²) in [5.74, 6) is 1.07. The maximum Gasteiger partial charge on any atom is 0.127 e. The van der Waals surface area contributed by atoms with Gasteiger partial charge in [0.1, 0.15) is 11.4 Å². The van der Waals surface area contributed by atoms with Crippen LogP contribution in [0.5, 0.6) is 5.75 Å². The second-order valence-electron chi connectivity index (χ2n) is 5.32. The molecule has 1 aromatic carbocycles. The van der Waals surface area contributed by atoms with Gasteiger partial charge >= 0.3 is 0 Å². The Morgan fingerprint density at radius 3 is 2.44 bits per heavy atom. The van der Waals surface area contributed by atoms with E-state index < -0.39 is 0 Å². The lowest BCUT2D eigenvalue weighted by atomic mass is 9.84. The molecular formula is C14H20O2. The normalized spacial score (nSPS) is 21.8. The summed E-state index contributed by atoms with van der Waals surface area (Å²) in [6.07, 6.45) is 0. The maximum atomic E-state index is 9.55. The molecule has 0 saturated heterocycles. The van der Waals surface area contributed by atoms with Gasteiger partial charge in [0, 0.05) is 5.56 Å². The highest BCUT2D eigenvalue weighted by Gasteiger charge is 2.42. The van der Waals surface area contributed by atoms with Crippen molar-refractivity contribution in [2.45, 2.75) is 46.1 Å². The number of aliphatic hydroxyl groups is 1. The summed E-state index contributed by atoms with van der Waals surface area (Å²) >= 11 is 0. The summed E-state index contributed by atoms with van der Waals surface area (Å²) in [5, 5.41) is 9.55. The van der Waals surface area contributed by atoms with Crippen molar-refractivity contribution < 1.29 is 9.84 Å². The number of fused-ring (bicyclic) bond motifs is 1. The number of hydrogen-bond acceptors (Lipinski definition) is 2. The molecule has 0 bridgehead atoms. The molecule has 88 valence electrons. The van der Waals surface area contributed by atoms with Gasteiger partial charge in [0.25, 0.3) is 0 Å². The molecule has 2 nitrogen and oxygen atoms in total. The third kappa shape index (κ3) is 1.44. The smallest absolute Gasteiger partial charge is 0.127 e. The molecule has 0 aliphatic carbocycles. The summed E-state index contributed by atoms with van der Waals surface area (Å²) in [4.78, 5) is 0. The third-order valence-electron chi connectivity index (χ3n) is 3.77. The highest BCUT2D eigenvalue weighted by atomic mass is 16.5. The van der Waals surface area contributed by atoms with Gasteiger partial charge in [-0.3, -0.25) is 0 Å². The molecule has 2 rings (SSSR count). The molecule has 0 radical (unpaired) electrons. The Morgan fingerprint density at radius 2 is 1.88 bits per heavy atom. The number of rotatable bonds is 1. The fourth-order valence-corrected chi connectivity index (χ4v) is 2.63. The van der Waals surface area contributed by atoms with Crippen LogP contribution in [-0.4, -0.2) is 17.3 Å². The first-order valence-corrected chi connectivity index (χ1v) is 5.79. The average Bonchev–Trinajstić information content (AvgIpc) is 2.46. The molecule has 1 aliphatic rings. The summed E-state index contributed by atoms with van der Waals surface area (Å²) in [6.45, 7) is 10.5. The molecule has 0 fully saturated rings. The molecule has 0 saturated carbocycles. The monoisotopic (exact) mass is 220 g/mol. The molecule has 1 unspecified atom stereocenters. The fourth-order valence-electron chi connectivity index (χ4n) is 2.63. The summed E-state index contributed by atoms with van der Waals surface area (Å²) in [5.41, 5.74) is 4.56. The Balaban J connectivity index is 2.67. The van der Waals surface area contributed by atoms with Crippen molar-refractivity contribution in [1.29, 1.82) is 0 Å². The first-order valence-electron chi connectivity index (χ1n) is 5.79. The molecule has 1 aromatic rings. The molecule has 1 atom stereocenters. The number of benzene rings is 1. The van der Waals surface area contributed by atoms with Gasteiger partial charge < -0.3 is 9.84 Å². The van der Waals surface area contributed by atoms with E-state index in [1.54, 1.807) is 0 Å². The van der Waals surface area contributed by atoms with E-state index in [-0.39, 0.29) is 18.1 Å². The van der Waals surface area contributed by atoms with Gasteiger partial charge in [-0.25, -0.2) is 0 Å². The quantitative estimate of drug-likeness (QED) is 0.788. The van der Waals surface area contributed by atoms with E-state index in [0.717, 1.165) is 5.75 Å². The van der Waals surface area contributed by atoms with E-state index in [0.29, 0.717) is 0 Å². The van der Waals surface area contributed by atoms with Crippen LogP contribution in [0.15, 0.2) is 6.07 Å². The molecular weight excluding hydrogens is 200 g/mol. The zero-order valence-corrected chi connectivity index (χ0v) is 10.7. The van der Waals surface area contributed by atoms with Crippen LogP contribution in [0.3, 0.4) is 0 Å². The van der Waals surface area contributed by atoms with Gasteiger partial charge in [0.2, 0.25) is 0 Å². The minimum absolute atomic E-state index is 0.0850. The second kappa shape index (κ2) is 3.49. The SMILES string of the molecule is Cc1cc(C)c2c(c1C)OC(C)(C)C2CO. The lowest BCUT2D eigenvalue weighted by molar-refractivity contribution is 0.0808. The topological polar surface area (TPSA) is 29.5 Å². The van der Waals surface area contributed by atoms with Gasteiger partial charge in [-0.1, -0.05) is 6.07 Å². The van der Waals surface area contributed by atoms with Gasteiger partial charge in [0.05, 0.1) is 12.5 Å². The van der Waals surface area contributed by atoms with E-state index >= 15 is 0 Å². The summed E-state index contributed by atoms with van der Waals surface area (Å²) < 4.78 is 6.03. The molecule has 1 aliphatic heterocycles. The van der Waals surface area contributed by atoms with E-state index in [1.807, 2.05) is 13.8 Å². The lowest BCUT2D eigenvalue weighted by Gasteiger charge is -2.25. The van der Waals surface area contributed by atoms with E-state index in [4.69, 9.17) is 4.74 Å². The summed E-state index contributed by atoms with van der Waals surface area (Å²) in [7, 11) is 0. The third-order valence-corrected chi connectivity index (χ3v) is 3.77. The standard InChI is InChI=1S/C14H20O2/c1-8-6-9(2)12-11(7-15)14(4,5)16-13(12)10(8)3/h6,11,15H,7H2,1-5H3. The van der Waals surface area contributed by atoms with E-state index in [9.17, 15) is 5.11 Å². The predicted octanol–water partition coefficient (Wildman–Crippen LogP) is 2.86. The Morgan fingerprint density at radius 1 is 1.25 bits per heavy atom. The summed E-state index contributed by atoms with van der Waals surface area (Å²) in [6, 6.07) is 2.18. The van der Waals surface area contributed by atoms with Gasteiger partial charge in [-0.05, 0) is 51.3 Å². The van der Waals surface area contributed by atoms with Crippen molar-refractivity contribution in [3.63, 3.8) is 0 Å². The zero-order valence-electron chi connectivity index (χ0n) is 10.7. The van der Waals surface area contributed by atoms with Crippen LogP contribution in [0.2, 0.25) is 0 Å². The van der Waals surface area contributed by atoms with Gasteiger partial charge in [-0.2, -0.15) is 0 Å². The number of aliphatic hydroxyl groups excluding tert-OH is 1. The van der Waals surface area contributed by atoms with E-state index in [2.05, 4.69) is 26.8 Å². The minimum atomic E-state index is -0.305. The van der Waals surface area contributed by atoms with Crippen LogP contribution in [0.1, 0.15) is 42.0 Å². The average molecular weight is 220 g/mol. The number of ether oxygens (including phenoxy) is 1. The molecule has 1 heterocycles. The Hall–Kier alpha value is -1.02. The molecule has 0 amide bonds. The highest BCUT2D eigenvalue weighted by Crippen LogP contribution is 2.48. The molecule has 0 aromatic heterocycles. The van der Waals surface area contributed by atoms with Crippen molar-refractivity contribution in [3.05, 3.63) is 28.3 Å². The van der Waals surface area contributed by atoms with Crippen LogP contribution in [0, 0.1) is 20.8 Å². The van der Waals surface area contributed by atoms with Crippen molar-refractivity contribution in [1.82, 2.24) is 0 Å². The van der Waals surface area contributed by atoms with Gasteiger partial charge in [-0.15, -0.1) is 0 Å². The zero-order chi connectivity index (χ0) is 12.1. The molecule has 1 N–H and O–H groups in total. The van der Waals surface area contributed by atoms with Crippen molar-refractivity contribution in [2.24, 2.45) is 0 Å². The maximum absolute atomic E-state index is 9.55. The largest absolute Gasteiger partial charge is 0.487 e. The fraction of sp³-hybridized carbons (Fsp3) is 0.571. The van der Waals surface area contributed by atoms with Crippen LogP contribution in [0.4, 0.5) is 0 Å². The lowest BCUT2D eigenvalue weighted by Crippen LogP contribution is -2.32. The molecule has 0 spiro atoms. The Bertz CT molecular complexity index is 433. The van der Waals surface area contributed by atoms with Crippen LogP contribution >= 0.6 is 0 Å². The van der Waals surface area contributed by atoms with Crippen molar-refractivity contribution in [2.75, 3.05) is 6.61 Å². The molecule has 2 heteroatoms.